The highest BCUT2D eigenvalue weighted by atomic mass is 16.5. The van der Waals surface area contributed by atoms with Gasteiger partial charge in [-0.2, -0.15) is 0 Å². The van der Waals surface area contributed by atoms with E-state index in [1.807, 2.05) is 6.07 Å². The van der Waals surface area contributed by atoms with Crippen LogP contribution in [-0.2, 0) is 4.74 Å². The maximum absolute atomic E-state index is 11.1. The SMILES string of the molecule is CC(=O)c1ccc(N2CCCOCC2)o1. The summed E-state index contributed by atoms with van der Waals surface area (Å²) in [5.74, 6) is 1.16. The van der Waals surface area contributed by atoms with Crippen molar-refractivity contribution in [1.29, 1.82) is 0 Å². The third kappa shape index (κ3) is 2.39. The summed E-state index contributed by atoms with van der Waals surface area (Å²) in [6.07, 6.45) is 0.996. The van der Waals surface area contributed by atoms with Gasteiger partial charge in [-0.3, -0.25) is 4.79 Å². The van der Waals surface area contributed by atoms with E-state index in [4.69, 9.17) is 9.15 Å². The van der Waals surface area contributed by atoms with Gasteiger partial charge in [0.2, 0.25) is 0 Å². The van der Waals surface area contributed by atoms with E-state index in [-0.39, 0.29) is 5.78 Å². The number of ether oxygens (including phenoxy) is 1. The molecule has 1 aromatic rings. The molecule has 1 saturated heterocycles. The van der Waals surface area contributed by atoms with Crippen molar-refractivity contribution in [3.05, 3.63) is 17.9 Å². The van der Waals surface area contributed by atoms with Gasteiger partial charge in [-0.25, -0.2) is 0 Å². The Morgan fingerprint density at radius 3 is 2.93 bits per heavy atom. The maximum atomic E-state index is 11.1. The molecule has 0 spiro atoms. The Morgan fingerprint density at radius 2 is 2.20 bits per heavy atom. The van der Waals surface area contributed by atoms with Crippen LogP contribution < -0.4 is 4.90 Å². The number of carbonyl (C=O) groups excluding carboxylic acids is 1. The molecule has 0 radical (unpaired) electrons. The first-order valence-corrected chi connectivity index (χ1v) is 5.21. The molecule has 0 N–H and O–H groups in total. The van der Waals surface area contributed by atoms with Crippen LogP contribution in [0.3, 0.4) is 0 Å². The molecule has 0 unspecified atom stereocenters. The smallest absolute Gasteiger partial charge is 0.196 e. The zero-order valence-electron chi connectivity index (χ0n) is 8.86. The van der Waals surface area contributed by atoms with E-state index in [2.05, 4.69) is 4.90 Å². The van der Waals surface area contributed by atoms with E-state index in [1.54, 1.807) is 6.07 Å². The highest BCUT2D eigenvalue weighted by molar-refractivity contribution is 5.91. The normalized spacial score (nSPS) is 17.5. The summed E-state index contributed by atoms with van der Waals surface area (Å²) in [5, 5.41) is 0. The van der Waals surface area contributed by atoms with Gasteiger partial charge in [-0.1, -0.05) is 0 Å². The molecule has 1 aromatic heterocycles. The van der Waals surface area contributed by atoms with Crippen LogP contribution in [0.4, 0.5) is 5.88 Å². The van der Waals surface area contributed by atoms with Gasteiger partial charge in [0.15, 0.2) is 17.4 Å². The number of furan rings is 1. The Bertz CT molecular complexity index is 337. The summed E-state index contributed by atoms with van der Waals surface area (Å²) in [6, 6.07) is 3.57. The quantitative estimate of drug-likeness (QED) is 0.695. The minimum absolute atomic E-state index is 0.0349. The van der Waals surface area contributed by atoms with Crippen molar-refractivity contribution in [1.82, 2.24) is 0 Å². The number of rotatable bonds is 2. The van der Waals surface area contributed by atoms with Crippen LogP contribution in [0, 0.1) is 0 Å². The molecule has 1 aliphatic rings. The predicted molar refractivity (Wildman–Crippen MR) is 56.4 cm³/mol. The lowest BCUT2D eigenvalue weighted by Gasteiger charge is -2.17. The van der Waals surface area contributed by atoms with Gasteiger partial charge in [0, 0.05) is 32.7 Å². The Labute approximate surface area is 88.8 Å². The summed E-state index contributed by atoms with van der Waals surface area (Å²) in [5.41, 5.74) is 0. The van der Waals surface area contributed by atoms with Crippen molar-refractivity contribution >= 4 is 11.7 Å². The molecule has 0 saturated carbocycles. The second kappa shape index (κ2) is 4.49. The largest absolute Gasteiger partial charge is 0.437 e. The summed E-state index contributed by atoms with van der Waals surface area (Å²) in [4.78, 5) is 13.2. The molecule has 82 valence electrons. The van der Waals surface area contributed by atoms with Crippen LogP contribution in [0.1, 0.15) is 23.9 Å². The van der Waals surface area contributed by atoms with Crippen molar-refractivity contribution in [2.45, 2.75) is 13.3 Å². The number of ketones is 1. The fraction of sp³-hybridized carbons (Fsp3) is 0.545. The van der Waals surface area contributed by atoms with Crippen LogP contribution in [0.2, 0.25) is 0 Å². The van der Waals surface area contributed by atoms with E-state index < -0.39 is 0 Å². The van der Waals surface area contributed by atoms with Crippen LogP contribution in [0.5, 0.6) is 0 Å². The fourth-order valence-electron chi connectivity index (χ4n) is 1.65. The van der Waals surface area contributed by atoms with Crippen LogP contribution in [0.25, 0.3) is 0 Å². The van der Waals surface area contributed by atoms with Gasteiger partial charge >= 0.3 is 0 Å². The Hall–Kier alpha value is -1.29. The molecule has 4 nitrogen and oxygen atoms in total. The third-order valence-corrected chi connectivity index (χ3v) is 2.47. The molecule has 1 fully saturated rings. The number of nitrogens with zero attached hydrogens (tertiary/aromatic N) is 1. The van der Waals surface area contributed by atoms with Gasteiger partial charge in [-0.05, 0) is 12.5 Å². The number of anilines is 1. The van der Waals surface area contributed by atoms with Crippen molar-refractivity contribution in [2.75, 3.05) is 31.2 Å². The number of hydrogen-bond acceptors (Lipinski definition) is 4. The van der Waals surface area contributed by atoms with Gasteiger partial charge in [-0.15, -0.1) is 0 Å². The average molecular weight is 209 g/mol. The monoisotopic (exact) mass is 209 g/mol. The minimum Gasteiger partial charge on any atom is -0.437 e. The standard InChI is InChI=1S/C11H15NO3/c1-9(13)10-3-4-11(15-10)12-5-2-7-14-8-6-12/h3-4H,2,5-8H2,1H3. The first kappa shape index (κ1) is 10.2. The zero-order valence-corrected chi connectivity index (χ0v) is 8.86. The van der Waals surface area contributed by atoms with Crippen molar-refractivity contribution in [2.24, 2.45) is 0 Å². The van der Waals surface area contributed by atoms with Gasteiger partial charge in [0.25, 0.3) is 0 Å². The van der Waals surface area contributed by atoms with E-state index in [1.165, 1.54) is 6.92 Å². The predicted octanol–water partition coefficient (Wildman–Crippen LogP) is 1.71. The first-order valence-electron chi connectivity index (χ1n) is 5.21. The Morgan fingerprint density at radius 1 is 1.33 bits per heavy atom. The number of hydrogen-bond donors (Lipinski definition) is 0. The summed E-state index contributed by atoms with van der Waals surface area (Å²) >= 11 is 0. The first-order chi connectivity index (χ1) is 7.27. The summed E-state index contributed by atoms with van der Waals surface area (Å²) in [7, 11) is 0. The maximum Gasteiger partial charge on any atom is 0.196 e. The van der Waals surface area contributed by atoms with Crippen LogP contribution in [0.15, 0.2) is 16.5 Å². The molecule has 1 aliphatic heterocycles. The topological polar surface area (TPSA) is 42.7 Å². The lowest BCUT2D eigenvalue weighted by molar-refractivity contribution is 0.0987. The van der Waals surface area contributed by atoms with Crippen molar-refractivity contribution in [3.8, 4) is 0 Å². The average Bonchev–Trinajstić information content (AvgIpc) is 2.55. The van der Waals surface area contributed by atoms with E-state index >= 15 is 0 Å². The van der Waals surface area contributed by atoms with E-state index in [0.29, 0.717) is 5.76 Å². The molecule has 0 aliphatic carbocycles. The molecule has 0 aromatic carbocycles. The molecule has 4 heteroatoms. The molecule has 0 amide bonds. The summed E-state index contributed by atoms with van der Waals surface area (Å²) < 4.78 is 10.8. The highest BCUT2D eigenvalue weighted by Gasteiger charge is 2.14. The number of Topliss-reactive ketones (excluding diaryl/α,β-unsaturated/α-hetero) is 1. The van der Waals surface area contributed by atoms with Crippen LogP contribution in [-0.4, -0.2) is 32.1 Å². The highest BCUT2D eigenvalue weighted by Crippen LogP contribution is 2.19. The molecule has 2 heterocycles. The molecule has 0 bridgehead atoms. The summed E-state index contributed by atoms with van der Waals surface area (Å²) in [6.45, 7) is 4.77. The fourth-order valence-corrected chi connectivity index (χ4v) is 1.65. The van der Waals surface area contributed by atoms with Gasteiger partial charge in [0.05, 0.1) is 6.61 Å². The molecular formula is C11H15NO3. The van der Waals surface area contributed by atoms with Gasteiger partial charge in [0.1, 0.15) is 0 Å². The minimum atomic E-state index is -0.0349. The third-order valence-electron chi connectivity index (χ3n) is 2.47. The Kier molecular flexibility index (Phi) is 3.06. The molecular weight excluding hydrogens is 194 g/mol. The van der Waals surface area contributed by atoms with E-state index in [9.17, 15) is 4.79 Å². The van der Waals surface area contributed by atoms with Crippen LogP contribution >= 0.6 is 0 Å². The molecule has 2 rings (SSSR count). The van der Waals surface area contributed by atoms with Crippen molar-refractivity contribution in [3.63, 3.8) is 0 Å². The number of carbonyl (C=O) groups is 1. The van der Waals surface area contributed by atoms with Gasteiger partial charge < -0.3 is 14.1 Å². The lowest BCUT2D eigenvalue weighted by atomic mass is 10.3. The second-order valence-electron chi connectivity index (χ2n) is 3.65. The van der Waals surface area contributed by atoms with E-state index in [0.717, 1.165) is 38.6 Å². The Balaban J connectivity index is 2.10. The zero-order chi connectivity index (χ0) is 10.7. The molecule has 15 heavy (non-hydrogen) atoms. The molecule has 0 atom stereocenters. The lowest BCUT2D eigenvalue weighted by Crippen LogP contribution is -2.25. The van der Waals surface area contributed by atoms with Crippen molar-refractivity contribution < 1.29 is 13.9 Å². The second-order valence-corrected chi connectivity index (χ2v) is 3.65.